The van der Waals surface area contributed by atoms with E-state index in [-0.39, 0.29) is 0 Å². The third-order valence-corrected chi connectivity index (χ3v) is 2.92. The summed E-state index contributed by atoms with van der Waals surface area (Å²) >= 11 is 2.21. The molecular formula is C10H7IN2O. The Labute approximate surface area is 94.5 Å². The third kappa shape index (κ3) is 1.45. The van der Waals surface area contributed by atoms with Gasteiger partial charge in [-0.05, 0) is 40.8 Å². The summed E-state index contributed by atoms with van der Waals surface area (Å²) in [5.41, 5.74) is 6.39. The van der Waals surface area contributed by atoms with Crippen molar-refractivity contribution in [3.05, 3.63) is 39.6 Å². The van der Waals surface area contributed by atoms with E-state index in [1.807, 2.05) is 18.2 Å². The Bertz CT molecular complexity index is 510. The van der Waals surface area contributed by atoms with Crippen molar-refractivity contribution in [2.75, 3.05) is 0 Å². The van der Waals surface area contributed by atoms with Crippen LogP contribution in [-0.4, -0.2) is 10.9 Å². The molecule has 0 saturated carbocycles. The number of benzene rings is 1. The molecule has 1 amide bonds. The minimum absolute atomic E-state index is 0.440. The number of nitrogens with zero attached hydrogens (tertiary/aromatic N) is 1. The molecule has 3 nitrogen and oxygen atoms in total. The maximum Gasteiger partial charge on any atom is 0.250 e. The van der Waals surface area contributed by atoms with Crippen LogP contribution in [0.2, 0.25) is 0 Å². The van der Waals surface area contributed by atoms with E-state index < -0.39 is 5.91 Å². The van der Waals surface area contributed by atoms with Crippen LogP contribution in [0, 0.1) is 3.57 Å². The standard InChI is InChI=1S/C10H7IN2O/c11-8-4-3-7(10(12)14)9-6(8)2-1-5-13-9/h1-5H,(H2,12,14). The summed E-state index contributed by atoms with van der Waals surface area (Å²) < 4.78 is 1.07. The lowest BCUT2D eigenvalue weighted by Crippen LogP contribution is -2.12. The summed E-state index contributed by atoms with van der Waals surface area (Å²) in [4.78, 5) is 15.3. The maximum atomic E-state index is 11.1. The molecule has 0 bridgehead atoms. The van der Waals surface area contributed by atoms with Crippen LogP contribution in [0.1, 0.15) is 10.4 Å². The van der Waals surface area contributed by atoms with Gasteiger partial charge in [0, 0.05) is 15.2 Å². The first-order valence-electron chi connectivity index (χ1n) is 4.03. The average molecular weight is 298 g/mol. The first-order valence-corrected chi connectivity index (χ1v) is 5.11. The number of fused-ring (bicyclic) bond motifs is 1. The van der Waals surface area contributed by atoms with Gasteiger partial charge < -0.3 is 5.73 Å². The molecule has 0 aliphatic rings. The number of aromatic nitrogens is 1. The second-order valence-corrected chi connectivity index (χ2v) is 4.02. The number of rotatable bonds is 1. The minimum atomic E-state index is -0.440. The Balaban J connectivity index is 2.88. The van der Waals surface area contributed by atoms with E-state index in [9.17, 15) is 4.79 Å². The Morgan fingerprint density at radius 2 is 2.14 bits per heavy atom. The predicted molar refractivity (Wildman–Crippen MR) is 63.0 cm³/mol. The van der Waals surface area contributed by atoms with Gasteiger partial charge in [-0.2, -0.15) is 0 Å². The molecule has 0 unspecified atom stereocenters. The lowest BCUT2D eigenvalue weighted by atomic mass is 10.1. The smallest absolute Gasteiger partial charge is 0.250 e. The summed E-state index contributed by atoms with van der Waals surface area (Å²) in [6.07, 6.45) is 1.66. The van der Waals surface area contributed by atoms with Crippen LogP contribution in [-0.2, 0) is 0 Å². The highest BCUT2D eigenvalue weighted by Crippen LogP contribution is 2.21. The van der Waals surface area contributed by atoms with Crippen molar-refractivity contribution in [3.63, 3.8) is 0 Å². The normalized spacial score (nSPS) is 10.4. The van der Waals surface area contributed by atoms with Crippen LogP contribution in [0.15, 0.2) is 30.5 Å². The monoisotopic (exact) mass is 298 g/mol. The number of carbonyl (C=O) groups excluding carboxylic acids is 1. The molecule has 0 spiro atoms. The largest absolute Gasteiger partial charge is 0.366 e. The molecule has 1 aromatic carbocycles. The van der Waals surface area contributed by atoms with Gasteiger partial charge in [0.15, 0.2) is 0 Å². The molecule has 14 heavy (non-hydrogen) atoms. The van der Waals surface area contributed by atoms with Crippen molar-refractivity contribution in [2.45, 2.75) is 0 Å². The van der Waals surface area contributed by atoms with E-state index in [0.29, 0.717) is 11.1 Å². The number of pyridine rings is 1. The Kier molecular flexibility index (Phi) is 2.37. The van der Waals surface area contributed by atoms with Crippen LogP contribution in [0.3, 0.4) is 0 Å². The van der Waals surface area contributed by atoms with Crippen molar-refractivity contribution in [3.8, 4) is 0 Å². The zero-order valence-electron chi connectivity index (χ0n) is 7.20. The molecule has 0 saturated heterocycles. The van der Waals surface area contributed by atoms with Gasteiger partial charge in [0.2, 0.25) is 0 Å². The van der Waals surface area contributed by atoms with Crippen LogP contribution in [0.5, 0.6) is 0 Å². The van der Waals surface area contributed by atoms with Crippen molar-refractivity contribution < 1.29 is 4.79 Å². The molecule has 2 rings (SSSR count). The van der Waals surface area contributed by atoms with Crippen molar-refractivity contribution in [1.29, 1.82) is 0 Å². The molecule has 0 aliphatic heterocycles. The number of nitrogens with two attached hydrogens (primary N) is 1. The number of primary amides is 1. The van der Waals surface area contributed by atoms with E-state index in [0.717, 1.165) is 8.96 Å². The van der Waals surface area contributed by atoms with E-state index in [2.05, 4.69) is 27.6 Å². The molecular weight excluding hydrogens is 291 g/mol. The molecule has 0 atom stereocenters. The zero-order chi connectivity index (χ0) is 10.1. The first-order chi connectivity index (χ1) is 6.70. The van der Waals surface area contributed by atoms with E-state index >= 15 is 0 Å². The quantitative estimate of drug-likeness (QED) is 0.818. The molecule has 2 N–H and O–H groups in total. The fraction of sp³-hybridized carbons (Fsp3) is 0. The van der Waals surface area contributed by atoms with E-state index in [1.165, 1.54) is 0 Å². The number of carbonyl (C=O) groups is 1. The predicted octanol–water partition coefficient (Wildman–Crippen LogP) is 1.94. The van der Waals surface area contributed by atoms with Gasteiger partial charge in [0.05, 0.1) is 11.1 Å². The molecule has 1 aromatic heterocycles. The lowest BCUT2D eigenvalue weighted by Gasteiger charge is -2.03. The Hall–Kier alpha value is -1.17. The first kappa shape index (κ1) is 9.39. The summed E-state index contributed by atoms with van der Waals surface area (Å²) in [7, 11) is 0. The Morgan fingerprint density at radius 1 is 1.36 bits per heavy atom. The second kappa shape index (κ2) is 3.53. The van der Waals surface area contributed by atoms with Crippen molar-refractivity contribution >= 4 is 39.4 Å². The fourth-order valence-electron chi connectivity index (χ4n) is 1.34. The SMILES string of the molecule is NC(=O)c1ccc(I)c2cccnc12. The number of hydrogen-bond donors (Lipinski definition) is 1. The van der Waals surface area contributed by atoms with Gasteiger partial charge in [0.25, 0.3) is 5.91 Å². The molecule has 0 fully saturated rings. The second-order valence-electron chi connectivity index (χ2n) is 2.86. The average Bonchev–Trinajstić information content (AvgIpc) is 2.18. The zero-order valence-corrected chi connectivity index (χ0v) is 9.36. The maximum absolute atomic E-state index is 11.1. The van der Waals surface area contributed by atoms with Gasteiger partial charge in [-0.25, -0.2) is 0 Å². The molecule has 2 aromatic rings. The van der Waals surface area contributed by atoms with Gasteiger partial charge in [0.1, 0.15) is 0 Å². The van der Waals surface area contributed by atoms with Crippen LogP contribution in [0.4, 0.5) is 0 Å². The lowest BCUT2D eigenvalue weighted by molar-refractivity contribution is 0.100. The molecule has 1 heterocycles. The number of amides is 1. The summed E-state index contributed by atoms with van der Waals surface area (Å²) in [6, 6.07) is 7.34. The van der Waals surface area contributed by atoms with Crippen LogP contribution in [0.25, 0.3) is 10.9 Å². The molecule has 70 valence electrons. The highest BCUT2D eigenvalue weighted by atomic mass is 127. The van der Waals surface area contributed by atoms with E-state index in [4.69, 9.17) is 5.73 Å². The van der Waals surface area contributed by atoms with Crippen molar-refractivity contribution in [1.82, 2.24) is 4.98 Å². The van der Waals surface area contributed by atoms with Gasteiger partial charge in [-0.1, -0.05) is 6.07 Å². The Morgan fingerprint density at radius 3 is 2.86 bits per heavy atom. The van der Waals surface area contributed by atoms with Gasteiger partial charge in [-0.15, -0.1) is 0 Å². The summed E-state index contributed by atoms with van der Waals surface area (Å²) in [5, 5.41) is 0.962. The topological polar surface area (TPSA) is 56.0 Å². The van der Waals surface area contributed by atoms with Gasteiger partial charge in [-0.3, -0.25) is 9.78 Å². The third-order valence-electron chi connectivity index (χ3n) is 1.98. The summed E-state index contributed by atoms with van der Waals surface area (Å²) in [5.74, 6) is -0.440. The van der Waals surface area contributed by atoms with Crippen LogP contribution < -0.4 is 5.73 Å². The minimum Gasteiger partial charge on any atom is -0.366 e. The summed E-state index contributed by atoms with van der Waals surface area (Å²) in [6.45, 7) is 0. The molecule has 4 heteroatoms. The fourth-order valence-corrected chi connectivity index (χ4v) is 1.95. The number of halogens is 1. The highest BCUT2D eigenvalue weighted by molar-refractivity contribution is 14.1. The van der Waals surface area contributed by atoms with E-state index in [1.54, 1.807) is 12.3 Å². The van der Waals surface area contributed by atoms with Gasteiger partial charge >= 0.3 is 0 Å². The number of hydrogen-bond acceptors (Lipinski definition) is 2. The highest BCUT2D eigenvalue weighted by Gasteiger charge is 2.08. The molecule has 0 aliphatic carbocycles. The molecule has 0 radical (unpaired) electrons. The van der Waals surface area contributed by atoms with Crippen LogP contribution >= 0.6 is 22.6 Å². The van der Waals surface area contributed by atoms with Crippen molar-refractivity contribution in [2.24, 2.45) is 5.73 Å².